The molecule has 2 amide bonds. The summed E-state index contributed by atoms with van der Waals surface area (Å²) in [6.07, 6.45) is 3.95. The maximum absolute atomic E-state index is 13.6. The van der Waals surface area contributed by atoms with Crippen LogP contribution < -0.4 is 11.1 Å². The Kier molecular flexibility index (Phi) is 8.36. The van der Waals surface area contributed by atoms with E-state index < -0.39 is 18.9 Å². The number of nitrogens with one attached hydrogen (secondary N) is 1. The summed E-state index contributed by atoms with van der Waals surface area (Å²) in [5, 5.41) is 3.11. The summed E-state index contributed by atoms with van der Waals surface area (Å²) in [6.45, 7) is 4.00. The second-order valence-electron chi connectivity index (χ2n) is 9.38. The van der Waals surface area contributed by atoms with E-state index in [-0.39, 0.29) is 36.3 Å². The van der Waals surface area contributed by atoms with Gasteiger partial charge in [-0.15, -0.1) is 0 Å². The number of guanidine groups is 1. The van der Waals surface area contributed by atoms with Gasteiger partial charge in [-0.25, -0.2) is 13.8 Å². The first-order valence-electron chi connectivity index (χ1n) is 13.0. The second-order valence-corrected chi connectivity index (χ2v) is 9.38. The van der Waals surface area contributed by atoms with Crippen LogP contribution in [0.4, 0.5) is 8.78 Å². The first-order chi connectivity index (χ1) is 17.9. The number of nitrogens with two attached hydrogens (primary N) is 1. The number of aryl methyl sites for hydroxylation is 1. The highest BCUT2D eigenvalue weighted by atomic mass is 19.3. The highest BCUT2D eigenvalue weighted by Gasteiger charge is 2.35. The predicted octanol–water partition coefficient (Wildman–Crippen LogP) is 5.55. The van der Waals surface area contributed by atoms with E-state index in [0.717, 1.165) is 24.0 Å². The number of benzene rings is 2. The molecule has 0 spiro atoms. The fourth-order valence-electron chi connectivity index (χ4n) is 5.29. The van der Waals surface area contributed by atoms with E-state index in [4.69, 9.17) is 5.73 Å². The third-order valence-corrected chi connectivity index (χ3v) is 7.02. The molecule has 3 N–H and O–H groups in total. The molecule has 2 aromatic carbocycles. The molecule has 3 aliphatic heterocycles. The Morgan fingerprint density at radius 3 is 2.70 bits per heavy atom. The number of alkyl halides is 2. The standard InChI is InChI=1S/C27H28F2N4O2.C2H6/c28-24(29)15-23-18-5-3-6-19(13-18)26(35)32-22-11-10-17-9-8-16(12-21(17)22)4-1-2-7-20-14-25(34)33(23)27(30)31-20;1-2/h1,3-6,8-9,12-13,20,22-24H,2,7,10-11,14-15H2,(H2,30,31)(H,32,35);1-2H3/b4-1-;. The van der Waals surface area contributed by atoms with E-state index in [9.17, 15) is 18.4 Å². The van der Waals surface area contributed by atoms with Crippen molar-refractivity contribution in [2.75, 3.05) is 0 Å². The number of rotatable bonds is 2. The lowest BCUT2D eigenvalue weighted by molar-refractivity contribution is -0.130. The Morgan fingerprint density at radius 1 is 1.14 bits per heavy atom. The lowest BCUT2D eigenvalue weighted by Gasteiger charge is -2.35. The number of carbonyl (C=O) groups is 2. The van der Waals surface area contributed by atoms with Gasteiger partial charge in [0.1, 0.15) is 0 Å². The third kappa shape index (κ3) is 5.89. The van der Waals surface area contributed by atoms with Crippen molar-refractivity contribution in [2.45, 2.75) is 76.9 Å². The summed E-state index contributed by atoms with van der Waals surface area (Å²) < 4.78 is 27.2. The molecular weight excluding hydrogens is 474 g/mol. The van der Waals surface area contributed by atoms with E-state index in [0.29, 0.717) is 24.0 Å². The molecule has 0 saturated carbocycles. The molecular formula is C29H34F2N4O2. The first kappa shape index (κ1) is 26.5. The molecule has 6 nitrogen and oxygen atoms in total. The number of nitrogens with zero attached hydrogens (tertiary/aromatic N) is 2. The van der Waals surface area contributed by atoms with E-state index in [1.807, 2.05) is 26.0 Å². The van der Waals surface area contributed by atoms with Gasteiger partial charge in [0.15, 0.2) is 5.96 Å². The Hall–Kier alpha value is -3.55. The molecule has 0 fully saturated rings. The number of halogens is 2. The van der Waals surface area contributed by atoms with Crippen molar-refractivity contribution < 1.29 is 18.4 Å². The van der Waals surface area contributed by atoms with Gasteiger partial charge in [0.05, 0.1) is 18.1 Å². The maximum Gasteiger partial charge on any atom is 0.251 e. The normalized spacial score (nSPS) is 24.0. The molecule has 2 aromatic rings. The minimum absolute atomic E-state index is 0.0527. The minimum Gasteiger partial charge on any atom is -0.369 e. The van der Waals surface area contributed by atoms with Crippen LogP contribution in [0.1, 0.15) is 90.6 Å². The average Bonchev–Trinajstić information content (AvgIpc) is 3.28. The zero-order chi connectivity index (χ0) is 26.5. The van der Waals surface area contributed by atoms with Crippen molar-refractivity contribution in [3.05, 3.63) is 76.4 Å². The largest absolute Gasteiger partial charge is 0.369 e. The van der Waals surface area contributed by atoms with E-state index in [2.05, 4.69) is 28.5 Å². The molecule has 0 radical (unpaired) electrons. The summed E-state index contributed by atoms with van der Waals surface area (Å²) in [5.74, 6) is -0.670. The maximum atomic E-state index is 13.6. The zero-order valence-corrected chi connectivity index (χ0v) is 21.3. The van der Waals surface area contributed by atoms with Crippen molar-refractivity contribution in [2.24, 2.45) is 10.7 Å². The third-order valence-electron chi connectivity index (χ3n) is 7.02. The number of carbonyl (C=O) groups excluding carboxylic acids is 2. The van der Waals surface area contributed by atoms with Crippen molar-refractivity contribution in [1.29, 1.82) is 0 Å². The number of fused-ring (bicyclic) bond motifs is 4. The summed E-state index contributed by atoms with van der Waals surface area (Å²) >= 11 is 0. The summed E-state index contributed by atoms with van der Waals surface area (Å²) in [5.41, 5.74) is 10.3. The molecule has 3 unspecified atom stereocenters. The fraction of sp³-hybridized carbons (Fsp3) is 0.414. The van der Waals surface area contributed by atoms with Crippen molar-refractivity contribution in [1.82, 2.24) is 10.2 Å². The van der Waals surface area contributed by atoms with E-state index in [1.54, 1.807) is 24.3 Å². The molecule has 6 rings (SSSR count). The quantitative estimate of drug-likeness (QED) is 0.558. The van der Waals surface area contributed by atoms with Gasteiger partial charge in [0.25, 0.3) is 5.91 Å². The molecule has 3 atom stereocenters. The highest BCUT2D eigenvalue weighted by Crippen LogP contribution is 2.34. The number of hydrogen-bond acceptors (Lipinski definition) is 4. The van der Waals surface area contributed by atoms with Gasteiger partial charge in [0, 0.05) is 18.4 Å². The molecule has 6 bridgehead atoms. The number of amides is 2. The van der Waals surface area contributed by atoms with Gasteiger partial charge in [-0.3, -0.25) is 14.5 Å². The van der Waals surface area contributed by atoms with Crippen LogP contribution >= 0.6 is 0 Å². The van der Waals surface area contributed by atoms with Gasteiger partial charge in [0.2, 0.25) is 12.3 Å². The van der Waals surface area contributed by atoms with Crippen molar-refractivity contribution in [3.63, 3.8) is 0 Å². The SMILES string of the molecule is CC.NC1=NC2CC/C=C\c3ccc4c(c3)C(CC4)NC(=O)c3cccc(c3)C(CC(F)F)N1C(=O)C2. The lowest BCUT2D eigenvalue weighted by atomic mass is 9.97. The average molecular weight is 509 g/mol. The summed E-state index contributed by atoms with van der Waals surface area (Å²) in [7, 11) is 0. The Balaban J connectivity index is 0.00000156. The first-order valence-corrected chi connectivity index (χ1v) is 13.0. The van der Waals surface area contributed by atoms with Gasteiger partial charge >= 0.3 is 0 Å². The van der Waals surface area contributed by atoms with Crippen LogP contribution in [0, 0.1) is 0 Å². The van der Waals surface area contributed by atoms with Crippen LogP contribution in [0.15, 0.2) is 53.5 Å². The van der Waals surface area contributed by atoms with Crippen LogP contribution in [-0.2, 0) is 11.2 Å². The second kappa shape index (κ2) is 11.7. The van der Waals surface area contributed by atoms with Crippen molar-refractivity contribution in [3.8, 4) is 0 Å². The van der Waals surface area contributed by atoms with Crippen LogP contribution in [0.2, 0.25) is 0 Å². The lowest BCUT2D eigenvalue weighted by Crippen LogP contribution is -2.49. The Bertz CT molecular complexity index is 1210. The van der Waals surface area contributed by atoms with Gasteiger partial charge in [-0.2, -0.15) is 0 Å². The zero-order valence-electron chi connectivity index (χ0n) is 21.3. The van der Waals surface area contributed by atoms with Crippen LogP contribution in [-0.4, -0.2) is 35.1 Å². The number of hydrogen-bond donors (Lipinski definition) is 2. The summed E-state index contributed by atoms with van der Waals surface area (Å²) in [4.78, 5) is 31.9. The highest BCUT2D eigenvalue weighted by molar-refractivity contribution is 5.99. The minimum atomic E-state index is -2.66. The Labute approximate surface area is 216 Å². The van der Waals surface area contributed by atoms with Gasteiger partial charge in [-0.05, 0) is 66.1 Å². The smallest absolute Gasteiger partial charge is 0.251 e. The predicted molar refractivity (Wildman–Crippen MR) is 141 cm³/mol. The van der Waals surface area contributed by atoms with Crippen LogP contribution in [0.25, 0.3) is 6.08 Å². The van der Waals surface area contributed by atoms with Gasteiger partial charge < -0.3 is 11.1 Å². The molecule has 196 valence electrons. The molecule has 0 aromatic heterocycles. The molecule has 37 heavy (non-hydrogen) atoms. The topological polar surface area (TPSA) is 87.8 Å². The fourth-order valence-corrected chi connectivity index (χ4v) is 5.29. The molecule has 4 aliphatic rings. The molecule has 3 heterocycles. The van der Waals surface area contributed by atoms with Crippen LogP contribution in [0.5, 0.6) is 0 Å². The van der Waals surface area contributed by atoms with E-state index >= 15 is 0 Å². The molecule has 0 saturated heterocycles. The molecule has 1 aliphatic carbocycles. The number of allylic oxidation sites excluding steroid dienone is 1. The van der Waals surface area contributed by atoms with Crippen molar-refractivity contribution >= 4 is 23.8 Å². The Morgan fingerprint density at radius 2 is 1.95 bits per heavy atom. The van der Waals surface area contributed by atoms with Crippen LogP contribution in [0.3, 0.4) is 0 Å². The molecule has 8 heteroatoms. The van der Waals surface area contributed by atoms with E-state index in [1.165, 1.54) is 10.5 Å². The summed E-state index contributed by atoms with van der Waals surface area (Å²) in [6, 6.07) is 11.4. The number of aliphatic imine (C=N–C) groups is 1. The van der Waals surface area contributed by atoms with Gasteiger partial charge in [-0.1, -0.05) is 50.3 Å². The monoisotopic (exact) mass is 508 g/mol.